The molecule has 3 rings (SSSR count). The molecular weight excluding hydrogens is 338 g/mol. The maximum Gasteiger partial charge on any atom is 0.193 e. The molecule has 1 aliphatic rings. The number of rotatable bonds is 6. The molecule has 0 aromatic heterocycles. The molecule has 1 saturated heterocycles. The van der Waals surface area contributed by atoms with Crippen LogP contribution in [0.3, 0.4) is 0 Å². The Kier molecular flexibility index (Phi) is 7.07. The van der Waals surface area contributed by atoms with Gasteiger partial charge in [0.25, 0.3) is 0 Å². The molecule has 1 fully saturated rings. The van der Waals surface area contributed by atoms with Gasteiger partial charge in [0.2, 0.25) is 0 Å². The van der Waals surface area contributed by atoms with Gasteiger partial charge in [-0.1, -0.05) is 24.3 Å². The molecule has 0 spiro atoms. The molecule has 1 heterocycles. The Labute approximate surface area is 161 Å². The smallest absolute Gasteiger partial charge is 0.193 e. The Morgan fingerprint density at radius 2 is 1.85 bits per heavy atom. The summed E-state index contributed by atoms with van der Waals surface area (Å²) >= 11 is 0. The molecule has 6 nitrogen and oxygen atoms in total. The first-order valence-corrected chi connectivity index (χ1v) is 9.50. The molecule has 27 heavy (non-hydrogen) atoms. The van der Waals surface area contributed by atoms with Crippen molar-refractivity contribution >= 4 is 11.6 Å². The number of nitrogens with zero attached hydrogens (tertiary/aromatic N) is 3. The summed E-state index contributed by atoms with van der Waals surface area (Å²) in [6, 6.07) is 17.4. The Morgan fingerprint density at radius 1 is 1.04 bits per heavy atom. The summed E-state index contributed by atoms with van der Waals surface area (Å²) in [4.78, 5) is 9.30. The van der Waals surface area contributed by atoms with E-state index in [0.717, 1.165) is 43.4 Å². The Morgan fingerprint density at radius 3 is 2.70 bits per heavy atom. The minimum Gasteiger partial charge on any atom is -0.457 e. The summed E-state index contributed by atoms with van der Waals surface area (Å²) in [6.45, 7) is 6.15. The number of nitrogens with two attached hydrogens (primary N) is 1. The zero-order valence-corrected chi connectivity index (χ0v) is 16.0. The molecular formula is C21H29N5O. The van der Waals surface area contributed by atoms with Crippen LogP contribution in [0.5, 0.6) is 11.5 Å². The Bertz CT molecular complexity index is 734. The molecule has 2 aromatic carbocycles. The number of ether oxygens (including phenoxy) is 1. The molecule has 0 amide bonds. The van der Waals surface area contributed by atoms with E-state index in [0.29, 0.717) is 12.5 Å². The molecule has 1 aliphatic heterocycles. The van der Waals surface area contributed by atoms with E-state index in [2.05, 4.69) is 27.2 Å². The third kappa shape index (κ3) is 6.58. The van der Waals surface area contributed by atoms with E-state index in [9.17, 15) is 0 Å². The lowest BCUT2D eigenvalue weighted by molar-refractivity contribution is 0.283. The standard InChI is InChI=1S/C21H29N5O/c1-25-12-6-13-26(16-15-25)14-11-23-21(22)24-18-7-5-10-20(17-18)27-19-8-3-2-4-9-19/h2-5,7-10,17H,6,11-16H2,1H3,(H3,22,23,24). The van der Waals surface area contributed by atoms with Gasteiger partial charge in [0.05, 0.1) is 6.54 Å². The van der Waals surface area contributed by atoms with Crippen molar-refractivity contribution < 1.29 is 4.74 Å². The fourth-order valence-electron chi connectivity index (χ4n) is 3.08. The minimum absolute atomic E-state index is 0.429. The molecule has 6 heteroatoms. The van der Waals surface area contributed by atoms with Crippen LogP contribution >= 0.6 is 0 Å². The maximum absolute atomic E-state index is 6.05. The second-order valence-corrected chi connectivity index (χ2v) is 6.83. The maximum atomic E-state index is 6.05. The van der Waals surface area contributed by atoms with Gasteiger partial charge >= 0.3 is 0 Å². The van der Waals surface area contributed by atoms with Gasteiger partial charge in [-0.2, -0.15) is 0 Å². The van der Waals surface area contributed by atoms with Crippen LogP contribution in [0.4, 0.5) is 5.69 Å². The van der Waals surface area contributed by atoms with E-state index in [4.69, 9.17) is 10.5 Å². The van der Waals surface area contributed by atoms with Crippen LogP contribution in [-0.4, -0.2) is 62.1 Å². The van der Waals surface area contributed by atoms with Gasteiger partial charge in [-0.3, -0.25) is 4.99 Å². The van der Waals surface area contributed by atoms with Crippen LogP contribution in [0.25, 0.3) is 0 Å². The second-order valence-electron chi connectivity index (χ2n) is 6.83. The predicted octanol–water partition coefficient (Wildman–Crippen LogP) is 2.84. The SMILES string of the molecule is CN1CCCN(CCN=C(N)Nc2cccc(Oc3ccccc3)c2)CC1. The fourth-order valence-corrected chi connectivity index (χ4v) is 3.08. The largest absolute Gasteiger partial charge is 0.457 e. The van der Waals surface area contributed by atoms with Crippen LogP contribution < -0.4 is 15.8 Å². The van der Waals surface area contributed by atoms with Crippen LogP contribution in [-0.2, 0) is 0 Å². The van der Waals surface area contributed by atoms with Gasteiger partial charge in [-0.25, -0.2) is 0 Å². The van der Waals surface area contributed by atoms with Crippen molar-refractivity contribution in [3.63, 3.8) is 0 Å². The highest BCUT2D eigenvalue weighted by Gasteiger charge is 2.11. The van der Waals surface area contributed by atoms with Gasteiger partial charge in [-0.15, -0.1) is 0 Å². The first-order valence-electron chi connectivity index (χ1n) is 9.50. The van der Waals surface area contributed by atoms with E-state index in [1.165, 1.54) is 13.0 Å². The summed E-state index contributed by atoms with van der Waals surface area (Å²) in [5.41, 5.74) is 6.91. The van der Waals surface area contributed by atoms with E-state index in [1.807, 2.05) is 54.6 Å². The van der Waals surface area contributed by atoms with Crippen LogP contribution in [0.15, 0.2) is 59.6 Å². The predicted molar refractivity (Wildman–Crippen MR) is 112 cm³/mol. The van der Waals surface area contributed by atoms with Crippen molar-refractivity contribution in [1.82, 2.24) is 9.80 Å². The molecule has 2 aromatic rings. The monoisotopic (exact) mass is 367 g/mol. The number of nitrogens with one attached hydrogen (secondary N) is 1. The average Bonchev–Trinajstić information content (AvgIpc) is 2.87. The highest BCUT2D eigenvalue weighted by Crippen LogP contribution is 2.23. The minimum atomic E-state index is 0.429. The fraction of sp³-hybridized carbons (Fsp3) is 0.381. The summed E-state index contributed by atoms with van der Waals surface area (Å²) in [6.07, 6.45) is 1.21. The second kappa shape index (κ2) is 9.94. The summed E-state index contributed by atoms with van der Waals surface area (Å²) in [7, 11) is 2.18. The lowest BCUT2D eigenvalue weighted by atomic mass is 10.3. The van der Waals surface area contributed by atoms with Crippen molar-refractivity contribution in [3.8, 4) is 11.5 Å². The molecule has 0 unspecified atom stereocenters. The quantitative estimate of drug-likeness (QED) is 0.607. The third-order valence-corrected chi connectivity index (χ3v) is 4.60. The van der Waals surface area contributed by atoms with E-state index < -0.39 is 0 Å². The van der Waals surface area contributed by atoms with E-state index in [1.54, 1.807) is 0 Å². The van der Waals surface area contributed by atoms with Gasteiger partial charge in [0, 0.05) is 31.4 Å². The summed E-state index contributed by atoms with van der Waals surface area (Å²) in [5.74, 6) is 1.99. The van der Waals surface area contributed by atoms with E-state index >= 15 is 0 Å². The Hall–Kier alpha value is -2.57. The highest BCUT2D eigenvalue weighted by molar-refractivity contribution is 5.92. The van der Waals surface area contributed by atoms with Crippen molar-refractivity contribution in [1.29, 1.82) is 0 Å². The molecule has 0 radical (unpaired) electrons. The number of para-hydroxylation sites is 1. The van der Waals surface area contributed by atoms with Gasteiger partial charge < -0.3 is 25.6 Å². The molecule has 3 N–H and O–H groups in total. The van der Waals surface area contributed by atoms with Gasteiger partial charge in [-0.05, 0) is 50.8 Å². The topological polar surface area (TPSA) is 66.1 Å². The van der Waals surface area contributed by atoms with Gasteiger partial charge in [0.15, 0.2) is 5.96 Å². The Balaban J connectivity index is 1.49. The lowest BCUT2D eigenvalue weighted by Crippen LogP contribution is -2.32. The zero-order chi connectivity index (χ0) is 18.9. The molecule has 0 saturated carbocycles. The highest BCUT2D eigenvalue weighted by atomic mass is 16.5. The number of hydrogen-bond donors (Lipinski definition) is 2. The summed E-state index contributed by atoms with van der Waals surface area (Å²) < 4.78 is 5.85. The lowest BCUT2D eigenvalue weighted by Gasteiger charge is -2.18. The number of benzene rings is 2. The number of hydrogen-bond acceptors (Lipinski definition) is 4. The van der Waals surface area contributed by atoms with Crippen molar-refractivity contribution in [3.05, 3.63) is 54.6 Å². The number of guanidine groups is 1. The van der Waals surface area contributed by atoms with E-state index in [-0.39, 0.29) is 0 Å². The molecule has 144 valence electrons. The first kappa shape index (κ1) is 19.2. The van der Waals surface area contributed by atoms with Crippen LogP contribution in [0.2, 0.25) is 0 Å². The molecule has 0 atom stereocenters. The number of likely N-dealkylation sites (N-methyl/N-ethyl adjacent to an activating group) is 1. The summed E-state index contributed by atoms with van der Waals surface area (Å²) in [5, 5.41) is 3.15. The van der Waals surface area contributed by atoms with Crippen LogP contribution in [0, 0.1) is 0 Å². The van der Waals surface area contributed by atoms with Crippen molar-refractivity contribution in [2.75, 3.05) is 51.6 Å². The third-order valence-electron chi connectivity index (χ3n) is 4.60. The first-order chi connectivity index (χ1) is 13.2. The zero-order valence-electron chi connectivity index (χ0n) is 16.0. The normalized spacial score (nSPS) is 16.7. The molecule has 0 aliphatic carbocycles. The van der Waals surface area contributed by atoms with Gasteiger partial charge in [0.1, 0.15) is 11.5 Å². The van der Waals surface area contributed by atoms with Crippen LogP contribution in [0.1, 0.15) is 6.42 Å². The number of anilines is 1. The van der Waals surface area contributed by atoms with Crippen molar-refractivity contribution in [2.45, 2.75) is 6.42 Å². The molecule has 0 bridgehead atoms. The van der Waals surface area contributed by atoms with Crippen molar-refractivity contribution in [2.24, 2.45) is 10.7 Å². The number of aliphatic imine (C=N–C) groups is 1. The average molecular weight is 367 g/mol.